The second kappa shape index (κ2) is 12.2. The highest BCUT2D eigenvalue weighted by Crippen LogP contribution is 2.26. The van der Waals surface area contributed by atoms with E-state index in [2.05, 4.69) is 10.3 Å². The number of ketones is 1. The van der Waals surface area contributed by atoms with Crippen LogP contribution >= 0.6 is 11.6 Å². The van der Waals surface area contributed by atoms with Gasteiger partial charge in [-0.05, 0) is 90.3 Å². The summed E-state index contributed by atoms with van der Waals surface area (Å²) in [6.45, 7) is 0.0428. The van der Waals surface area contributed by atoms with Gasteiger partial charge in [-0.25, -0.2) is 4.68 Å². The summed E-state index contributed by atoms with van der Waals surface area (Å²) in [6.07, 6.45) is 3.54. The van der Waals surface area contributed by atoms with Gasteiger partial charge in [0.1, 0.15) is 23.6 Å². The summed E-state index contributed by atoms with van der Waals surface area (Å²) in [6, 6.07) is 26.1. The van der Waals surface area contributed by atoms with Crippen molar-refractivity contribution in [1.82, 2.24) is 15.0 Å². The zero-order valence-corrected chi connectivity index (χ0v) is 23.7. The number of nitriles is 1. The van der Waals surface area contributed by atoms with Gasteiger partial charge in [0.2, 0.25) is 5.78 Å². The molecule has 0 spiro atoms. The lowest BCUT2D eigenvalue weighted by molar-refractivity contribution is 0.101. The molecule has 0 unspecified atom stereocenters. The average molecular weight is 601 g/mol. The third-order valence-corrected chi connectivity index (χ3v) is 7.22. The van der Waals surface area contributed by atoms with E-state index in [1.54, 1.807) is 60.8 Å². The lowest BCUT2D eigenvalue weighted by atomic mass is 10.0. The Morgan fingerprint density at radius 2 is 1.70 bits per heavy atom. The maximum Gasteiger partial charge on any atom is 0.228 e. The lowest BCUT2D eigenvalue weighted by Crippen LogP contribution is -2.01. The van der Waals surface area contributed by atoms with Crippen LogP contribution in [0.2, 0.25) is 5.02 Å². The number of rotatable bonds is 10. The second-order valence-corrected chi connectivity index (χ2v) is 10.4. The highest BCUT2D eigenvalue weighted by atomic mass is 35.5. The molecule has 0 aliphatic rings. The number of nitrogens with zero attached hydrogens (tertiary/aromatic N) is 4. The lowest BCUT2D eigenvalue weighted by Gasteiger charge is -2.09. The van der Waals surface area contributed by atoms with E-state index in [1.807, 2.05) is 30.3 Å². The molecule has 0 bridgehead atoms. The number of aldehydes is 2. The van der Waals surface area contributed by atoms with Gasteiger partial charge in [-0.15, -0.1) is 5.10 Å². The van der Waals surface area contributed by atoms with Crippen molar-refractivity contribution in [3.63, 3.8) is 0 Å². The van der Waals surface area contributed by atoms with E-state index >= 15 is 0 Å². The molecule has 0 saturated heterocycles. The molecule has 9 nitrogen and oxygen atoms in total. The van der Waals surface area contributed by atoms with E-state index in [9.17, 15) is 14.4 Å². The molecular weight excluding hydrogens is 580 g/mol. The van der Waals surface area contributed by atoms with Crippen molar-refractivity contribution in [2.24, 2.45) is 0 Å². The normalized spacial score (nSPS) is 10.8. The van der Waals surface area contributed by atoms with Crippen molar-refractivity contribution in [3.05, 3.63) is 141 Å². The van der Waals surface area contributed by atoms with E-state index < -0.39 is 0 Å². The van der Waals surface area contributed by atoms with Crippen molar-refractivity contribution in [2.45, 2.75) is 13.0 Å². The number of fused-ring (bicyclic) bond motifs is 1. The smallest absolute Gasteiger partial charge is 0.228 e. The molecule has 0 amide bonds. The molecule has 6 aromatic rings. The Morgan fingerprint density at radius 1 is 0.932 bits per heavy atom. The molecule has 10 heteroatoms. The third kappa shape index (κ3) is 5.88. The summed E-state index contributed by atoms with van der Waals surface area (Å²) in [5.74, 6) is 0.402. The minimum absolute atomic E-state index is 0.0428. The highest BCUT2D eigenvalue weighted by molar-refractivity contribution is 6.30. The number of carbonyl (C=O) groups excluding carboxylic acids is 3. The zero-order chi connectivity index (χ0) is 30.6. The Kier molecular flexibility index (Phi) is 7.82. The number of furan rings is 1. The van der Waals surface area contributed by atoms with Gasteiger partial charge in [0.05, 0.1) is 29.1 Å². The summed E-state index contributed by atoms with van der Waals surface area (Å²) < 4.78 is 13.1. The number of ether oxygens (including phenoxy) is 1. The van der Waals surface area contributed by atoms with Crippen LogP contribution in [0.15, 0.2) is 95.5 Å². The Labute approximate surface area is 255 Å². The predicted molar refractivity (Wildman–Crippen MR) is 162 cm³/mol. The van der Waals surface area contributed by atoms with Gasteiger partial charge in [-0.3, -0.25) is 14.4 Å². The molecule has 6 rings (SSSR count). The van der Waals surface area contributed by atoms with Crippen LogP contribution in [0, 0.1) is 11.3 Å². The fourth-order valence-electron chi connectivity index (χ4n) is 4.79. The van der Waals surface area contributed by atoms with Gasteiger partial charge >= 0.3 is 0 Å². The molecule has 0 N–H and O–H groups in total. The molecule has 214 valence electrons. The number of hydrogen-bond donors (Lipinski definition) is 0. The summed E-state index contributed by atoms with van der Waals surface area (Å²) in [5, 5.41) is 18.6. The van der Waals surface area contributed by atoms with Crippen LogP contribution in [0.5, 0.6) is 5.75 Å². The first-order chi connectivity index (χ1) is 21.4. The van der Waals surface area contributed by atoms with E-state index in [4.69, 9.17) is 26.0 Å². The molecule has 2 aromatic heterocycles. The summed E-state index contributed by atoms with van der Waals surface area (Å²) >= 11 is 5.93. The number of hydrogen-bond acceptors (Lipinski definition) is 8. The molecule has 44 heavy (non-hydrogen) atoms. The van der Waals surface area contributed by atoms with Crippen LogP contribution in [0.3, 0.4) is 0 Å². The van der Waals surface area contributed by atoms with Crippen molar-refractivity contribution >= 4 is 40.9 Å². The fraction of sp³-hybridized carbons (Fsp3) is 0.0588. The Hall–Kier alpha value is -5.85. The predicted octanol–water partition coefficient (Wildman–Crippen LogP) is 6.56. The summed E-state index contributed by atoms with van der Waals surface area (Å²) in [7, 11) is 0. The van der Waals surface area contributed by atoms with Gasteiger partial charge in [0, 0.05) is 21.5 Å². The average Bonchev–Trinajstić information content (AvgIpc) is 3.71. The molecule has 0 saturated carbocycles. The SMILES string of the molecule is N#Cc1ccc(-n2cc(COc3ccc(Cc4ccc5oc(C(=O)c6ccc(Cl)cc6)cc5c4)cc3C=O)nn2)c(C=O)c1. The molecule has 0 radical (unpaired) electrons. The van der Waals surface area contributed by atoms with Crippen molar-refractivity contribution in [3.8, 4) is 17.5 Å². The molecule has 0 aliphatic carbocycles. The van der Waals surface area contributed by atoms with Gasteiger partial charge in [0.15, 0.2) is 18.3 Å². The number of carbonyl (C=O) groups is 3. The first-order valence-corrected chi connectivity index (χ1v) is 13.8. The van der Waals surface area contributed by atoms with E-state index in [-0.39, 0.29) is 18.2 Å². The van der Waals surface area contributed by atoms with Crippen LogP contribution in [0.4, 0.5) is 0 Å². The molecule has 0 fully saturated rings. The van der Waals surface area contributed by atoms with Crippen LogP contribution < -0.4 is 4.74 Å². The van der Waals surface area contributed by atoms with Crippen molar-refractivity contribution < 1.29 is 23.5 Å². The maximum atomic E-state index is 12.9. The first-order valence-electron chi connectivity index (χ1n) is 13.4. The van der Waals surface area contributed by atoms with Crippen molar-refractivity contribution in [2.75, 3.05) is 0 Å². The largest absolute Gasteiger partial charge is 0.486 e. The van der Waals surface area contributed by atoms with Gasteiger partial charge < -0.3 is 9.15 Å². The molecule has 2 heterocycles. The van der Waals surface area contributed by atoms with E-state index in [1.165, 1.54) is 10.7 Å². The standard InChI is InChI=1S/C34H21ClN4O5/c35-28-6-4-24(5-7-28)34(42)33-15-25-12-21(3-10-32(25)44-33)11-22-2-9-31(27(13-22)19-41)43-20-29-17-39(38-37-29)30-8-1-23(16-36)14-26(30)18-40/h1-10,12-15,17-19H,11,20H2. The minimum atomic E-state index is -0.229. The Morgan fingerprint density at radius 3 is 2.48 bits per heavy atom. The fourth-order valence-corrected chi connectivity index (χ4v) is 4.91. The summed E-state index contributed by atoms with van der Waals surface area (Å²) in [5.41, 5.74) is 4.97. The topological polar surface area (TPSA) is 128 Å². The minimum Gasteiger partial charge on any atom is -0.486 e. The van der Waals surface area contributed by atoms with Gasteiger partial charge in [-0.2, -0.15) is 5.26 Å². The molecule has 4 aromatic carbocycles. The zero-order valence-electron chi connectivity index (χ0n) is 22.9. The van der Waals surface area contributed by atoms with Gasteiger partial charge in [-0.1, -0.05) is 28.9 Å². The maximum absolute atomic E-state index is 12.9. The van der Waals surface area contributed by atoms with Gasteiger partial charge in [0.25, 0.3) is 0 Å². The number of halogens is 1. The number of aromatic nitrogens is 3. The molecular formula is C34H21ClN4O5. The Bertz CT molecular complexity index is 2090. The second-order valence-electron chi connectivity index (χ2n) is 9.93. The van der Waals surface area contributed by atoms with E-state index in [0.717, 1.165) is 22.8 Å². The first kappa shape index (κ1) is 28.3. The van der Waals surface area contributed by atoms with Crippen LogP contribution in [-0.4, -0.2) is 33.3 Å². The highest BCUT2D eigenvalue weighted by Gasteiger charge is 2.16. The quantitative estimate of drug-likeness (QED) is 0.128. The number of benzene rings is 4. The van der Waals surface area contributed by atoms with Crippen LogP contribution in [-0.2, 0) is 13.0 Å². The van der Waals surface area contributed by atoms with Crippen LogP contribution in [0.1, 0.15) is 59.2 Å². The monoisotopic (exact) mass is 600 g/mol. The summed E-state index contributed by atoms with van der Waals surface area (Å²) in [4.78, 5) is 36.3. The van der Waals surface area contributed by atoms with Crippen molar-refractivity contribution in [1.29, 1.82) is 5.26 Å². The Balaban J connectivity index is 1.14. The third-order valence-electron chi connectivity index (χ3n) is 6.97. The van der Waals surface area contributed by atoms with E-state index in [0.29, 0.717) is 62.7 Å². The van der Waals surface area contributed by atoms with Crippen LogP contribution in [0.25, 0.3) is 16.7 Å². The molecule has 0 aliphatic heterocycles. The molecule has 0 atom stereocenters.